The Morgan fingerprint density at radius 2 is 1.67 bits per heavy atom. The molecule has 0 saturated carbocycles. The number of carbonyl (C=O) groups excluding carboxylic acids is 1. The molecule has 0 N–H and O–H groups in total. The molecule has 0 saturated heterocycles. The van der Waals surface area contributed by atoms with Crippen LogP contribution < -0.4 is 5.11 Å². The number of benzene rings is 1. The molecule has 3 heteroatoms. The molecule has 21 heavy (non-hydrogen) atoms. The highest BCUT2D eigenvalue weighted by Gasteiger charge is 2.01. The zero-order chi connectivity index (χ0) is 15.3. The molecule has 1 rings (SSSR count). The van der Waals surface area contributed by atoms with Crippen LogP contribution in [0.25, 0.3) is 0 Å². The van der Waals surface area contributed by atoms with Crippen LogP contribution in [0.2, 0.25) is 0 Å². The van der Waals surface area contributed by atoms with Gasteiger partial charge in [0.05, 0.1) is 6.61 Å². The predicted octanol–water partition coefficient (Wildman–Crippen LogP) is 3.32. The summed E-state index contributed by atoms with van der Waals surface area (Å²) in [7, 11) is 0. The second kappa shape index (κ2) is 11.3. The number of carbonyl (C=O) groups is 1. The van der Waals surface area contributed by atoms with Gasteiger partial charge in [0, 0.05) is 12.6 Å². The topological polar surface area (TPSA) is 49.4 Å². The predicted molar refractivity (Wildman–Crippen MR) is 82.6 cm³/mol. The van der Waals surface area contributed by atoms with Crippen molar-refractivity contribution in [3.8, 4) is 0 Å². The summed E-state index contributed by atoms with van der Waals surface area (Å²) in [6.07, 6.45) is 7.50. The van der Waals surface area contributed by atoms with Gasteiger partial charge in [-0.2, -0.15) is 0 Å². The quantitative estimate of drug-likeness (QED) is 0.555. The average molecular weight is 291 g/mol. The van der Waals surface area contributed by atoms with Gasteiger partial charge < -0.3 is 14.6 Å². The number of rotatable bonds is 12. The van der Waals surface area contributed by atoms with Gasteiger partial charge in [0.25, 0.3) is 0 Å². The lowest BCUT2D eigenvalue weighted by molar-refractivity contribution is -0.311. The molecule has 1 unspecified atom stereocenters. The van der Waals surface area contributed by atoms with Crippen LogP contribution in [-0.4, -0.2) is 12.6 Å². The Hall–Kier alpha value is -1.35. The highest BCUT2D eigenvalue weighted by Crippen LogP contribution is 2.11. The third-order valence-corrected chi connectivity index (χ3v) is 3.69. The summed E-state index contributed by atoms with van der Waals surface area (Å²) in [5, 5.41) is 10.5. The third-order valence-electron chi connectivity index (χ3n) is 3.69. The highest BCUT2D eigenvalue weighted by atomic mass is 16.5. The van der Waals surface area contributed by atoms with Crippen molar-refractivity contribution in [3.05, 3.63) is 35.9 Å². The van der Waals surface area contributed by atoms with E-state index in [2.05, 4.69) is 12.1 Å². The minimum atomic E-state index is -0.925. The van der Waals surface area contributed by atoms with E-state index in [1.54, 1.807) is 6.92 Å². The molecule has 0 aliphatic heterocycles. The molecule has 0 aliphatic rings. The number of hydrogen-bond donors (Lipinski definition) is 0. The van der Waals surface area contributed by atoms with Crippen LogP contribution in [0.1, 0.15) is 57.4 Å². The molecular weight excluding hydrogens is 264 g/mol. The molecule has 0 fully saturated rings. The van der Waals surface area contributed by atoms with Gasteiger partial charge in [0.15, 0.2) is 0 Å². The summed E-state index contributed by atoms with van der Waals surface area (Å²) >= 11 is 0. The van der Waals surface area contributed by atoms with Gasteiger partial charge in [-0.3, -0.25) is 0 Å². The summed E-state index contributed by atoms with van der Waals surface area (Å²) in [6, 6.07) is 10.2. The Morgan fingerprint density at radius 1 is 1.05 bits per heavy atom. The van der Waals surface area contributed by atoms with Crippen molar-refractivity contribution in [2.24, 2.45) is 5.92 Å². The molecule has 0 aromatic heterocycles. The van der Waals surface area contributed by atoms with Gasteiger partial charge in [-0.05, 0) is 24.3 Å². The minimum Gasteiger partial charge on any atom is -0.550 e. The van der Waals surface area contributed by atoms with Crippen LogP contribution in [0.15, 0.2) is 30.3 Å². The molecule has 0 amide bonds. The van der Waals surface area contributed by atoms with Crippen molar-refractivity contribution in [1.82, 2.24) is 0 Å². The Morgan fingerprint density at radius 3 is 2.33 bits per heavy atom. The number of hydrogen-bond acceptors (Lipinski definition) is 3. The average Bonchev–Trinajstić information content (AvgIpc) is 2.49. The van der Waals surface area contributed by atoms with Gasteiger partial charge >= 0.3 is 0 Å². The molecular formula is C18H27O3-. The summed E-state index contributed by atoms with van der Waals surface area (Å²) in [5.41, 5.74) is 1.22. The minimum absolute atomic E-state index is 0.309. The summed E-state index contributed by atoms with van der Waals surface area (Å²) < 4.78 is 5.63. The van der Waals surface area contributed by atoms with Crippen LogP contribution in [-0.2, 0) is 16.1 Å². The number of unbranched alkanes of at least 4 members (excludes halogenated alkanes) is 5. The van der Waals surface area contributed by atoms with Gasteiger partial charge in [0.2, 0.25) is 0 Å². The van der Waals surface area contributed by atoms with Crippen molar-refractivity contribution in [3.63, 3.8) is 0 Å². The molecule has 1 atom stereocenters. The summed E-state index contributed by atoms with van der Waals surface area (Å²) in [4.78, 5) is 10.5. The third kappa shape index (κ3) is 9.24. The molecule has 0 radical (unpaired) electrons. The molecule has 118 valence electrons. The number of ether oxygens (including phenoxy) is 1. The smallest absolute Gasteiger partial charge is 0.0716 e. The van der Waals surface area contributed by atoms with Crippen LogP contribution in [0.3, 0.4) is 0 Å². The zero-order valence-electron chi connectivity index (χ0n) is 13.1. The fourth-order valence-corrected chi connectivity index (χ4v) is 2.24. The van der Waals surface area contributed by atoms with E-state index in [0.29, 0.717) is 6.61 Å². The van der Waals surface area contributed by atoms with Crippen molar-refractivity contribution < 1.29 is 14.6 Å². The largest absolute Gasteiger partial charge is 0.550 e. The highest BCUT2D eigenvalue weighted by molar-refractivity contribution is 5.66. The Balaban J connectivity index is 1.84. The van der Waals surface area contributed by atoms with Crippen molar-refractivity contribution in [2.75, 3.05) is 6.61 Å². The SMILES string of the molecule is CC(CCCCCCCCOCc1ccccc1)C(=O)[O-]. The zero-order valence-corrected chi connectivity index (χ0v) is 13.1. The van der Waals surface area contributed by atoms with E-state index in [1.807, 2.05) is 18.2 Å². The Bertz CT molecular complexity index is 375. The van der Waals surface area contributed by atoms with E-state index in [9.17, 15) is 9.90 Å². The van der Waals surface area contributed by atoms with Crippen molar-refractivity contribution in [1.29, 1.82) is 0 Å². The lowest BCUT2D eigenvalue weighted by Gasteiger charge is -2.11. The Kier molecular flexibility index (Phi) is 9.55. The molecule has 1 aromatic carbocycles. The number of carboxylic acids is 1. The number of carboxylic acid groups (broad SMARTS) is 1. The van der Waals surface area contributed by atoms with E-state index < -0.39 is 5.97 Å². The Labute approximate surface area is 128 Å². The first kappa shape index (κ1) is 17.7. The maximum absolute atomic E-state index is 10.5. The molecule has 0 bridgehead atoms. The normalized spacial score (nSPS) is 12.2. The van der Waals surface area contributed by atoms with E-state index >= 15 is 0 Å². The van der Waals surface area contributed by atoms with E-state index in [0.717, 1.165) is 32.3 Å². The lowest BCUT2D eigenvalue weighted by Crippen LogP contribution is -2.29. The second-order valence-corrected chi connectivity index (χ2v) is 5.67. The molecule has 3 nitrogen and oxygen atoms in total. The van der Waals surface area contributed by atoms with E-state index in [-0.39, 0.29) is 5.92 Å². The molecule has 0 spiro atoms. The van der Waals surface area contributed by atoms with Gasteiger partial charge in [-0.1, -0.05) is 69.4 Å². The first-order valence-electron chi connectivity index (χ1n) is 8.02. The van der Waals surface area contributed by atoms with Crippen molar-refractivity contribution >= 4 is 5.97 Å². The maximum atomic E-state index is 10.5. The standard InChI is InChI=1S/C18H28O3/c1-16(18(19)20)11-7-4-2-3-5-10-14-21-15-17-12-8-6-9-13-17/h6,8-9,12-13,16H,2-5,7,10-11,14-15H2,1H3,(H,19,20)/p-1. The fraction of sp³-hybridized carbons (Fsp3) is 0.611. The van der Waals surface area contributed by atoms with Gasteiger partial charge in [-0.25, -0.2) is 0 Å². The van der Waals surface area contributed by atoms with Crippen LogP contribution in [0, 0.1) is 5.92 Å². The molecule has 0 heterocycles. The molecule has 1 aromatic rings. The van der Waals surface area contributed by atoms with Crippen LogP contribution >= 0.6 is 0 Å². The van der Waals surface area contributed by atoms with Crippen LogP contribution in [0.4, 0.5) is 0 Å². The first-order chi connectivity index (χ1) is 10.2. The maximum Gasteiger partial charge on any atom is 0.0716 e. The number of aliphatic carboxylic acids is 1. The van der Waals surface area contributed by atoms with Crippen LogP contribution in [0.5, 0.6) is 0 Å². The second-order valence-electron chi connectivity index (χ2n) is 5.67. The van der Waals surface area contributed by atoms with Gasteiger partial charge in [-0.15, -0.1) is 0 Å². The molecule has 0 aliphatic carbocycles. The van der Waals surface area contributed by atoms with E-state index in [4.69, 9.17) is 4.74 Å². The fourth-order valence-electron chi connectivity index (χ4n) is 2.24. The summed E-state index contributed by atoms with van der Waals surface area (Å²) in [5.74, 6) is -1.23. The van der Waals surface area contributed by atoms with Gasteiger partial charge in [0.1, 0.15) is 0 Å². The monoisotopic (exact) mass is 291 g/mol. The lowest BCUT2D eigenvalue weighted by atomic mass is 10.0. The van der Waals surface area contributed by atoms with E-state index in [1.165, 1.54) is 24.8 Å². The summed E-state index contributed by atoms with van der Waals surface area (Å²) in [6.45, 7) is 3.23. The van der Waals surface area contributed by atoms with Crippen molar-refractivity contribution in [2.45, 2.75) is 58.5 Å². The first-order valence-corrected chi connectivity index (χ1v) is 8.02.